The second kappa shape index (κ2) is 6.41. The van der Waals surface area contributed by atoms with Crippen LogP contribution in [0.3, 0.4) is 0 Å². The molecule has 1 aromatic rings. The predicted octanol–water partition coefficient (Wildman–Crippen LogP) is 3.80. The first-order valence-corrected chi connectivity index (χ1v) is 6.77. The zero-order chi connectivity index (χ0) is 12.9. The van der Waals surface area contributed by atoms with Crippen molar-refractivity contribution in [2.75, 3.05) is 13.7 Å². The molecule has 1 aromatic carbocycles. The van der Waals surface area contributed by atoms with Gasteiger partial charge in [-0.15, -0.1) is 0 Å². The van der Waals surface area contributed by atoms with Gasteiger partial charge in [-0.25, -0.2) is 0 Å². The van der Waals surface area contributed by atoms with Gasteiger partial charge < -0.3 is 9.84 Å². The molecule has 0 spiro atoms. The topological polar surface area (TPSA) is 29.5 Å². The maximum absolute atomic E-state index is 9.55. The fourth-order valence-corrected chi connectivity index (χ4v) is 2.49. The van der Waals surface area contributed by atoms with E-state index in [1.165, 1.54) is 5.56 Å². The smallest absolute Gasteiger partial charge is 0.119 e. The van der Waals surface area contributed by atoms with Gasteiger partial charge in [0.1, 0.15) is 5.75 Å². The Bertz CT molecular complexity index is 365. The summed E-state index contributed by atoms with van der Waals surface area (Å²) in [4.78, 5) is 0. The number of aliphatic hydroxyl groups is 1. The predicted molar refractivity (Wildman–Crippen MR) is 74.5 cm³/mol. The first-order chi connectivity index (χ1) is 8.04. The molecule has 0 saturated heterocycles. The van der Waals surface area contributed by atoms with Crippen LogP contribution in [-0.2, 0) is 6.42 Å². The van der Waals surface area contributed by atoms with Crippen LogP contribution in [0.5, 0.6) is 5.75 Å². The number of hydrogen-bond donors (Lipinski definition) is 1. The monoisotopic (exact) mass is 300 g/mol. The molecule has 0 aliphatic rings. The normalized spacial score (nSPS) is 14.4. The average Bonchev–Trinajstić information content (AvgIpc) is 2.32. The number of aliphatic hydroxyl groups excluding tert-OH is 1. The Hall–Kier alpha value is -0.540. The molecule has 0 saturated carbocycles. The maximum Gasteiger partial charge on any atom is 0.119 e. The van der Waals surface area contributed by atoms with E-state index in [9.17, 15) is 5.11 Å². The van der Waals surface area contributed by atoms with Crippen molar-refractivity contribution in [3.63, 3.8) is 0 Å². The van der Waals surface area contributed by atoms with E-state index in [0.29, 0.717) is 0 Å². The number of ether oxygens (including phenoxy) is 1. The molecule has 96 valence electrons. The van der Waals surface area contributed by atoms with Crippen molar-refractivity contribution < 1.29 is 9.84 Å². The minimum atomic E-state index is -0.0519. The van der Waals surface area contributed by atoms with Gasteiger partial charge in [-0.3, -0.25) is 0 Å². The standard InChI is InChI=1S/C14H21BrO2/c1-4-7-14(2,10-16)9-11-8-12(17-3)5-6-13(11)15/h5-6,8,16H,4,7,9-10H2,1-3H3. The Labute approximate surface area is 112 Å². The number of methoxy groups -OCH3 is 1. The molecule has 0 aliphatic carbocycles. The third-order valence-electron chi connectivity index (χ3n) is 3.11. The molecule has 0 radical (unpaired) electrons. The summed E-state index contributed by atoms with van der Waals surface area (Å²) in [5.74, 6) is 0.861. The quantitative estimate of drug-likeness (QED) is 0.866. The third-order valence-corrected chi connectivity index (χ3v) is 3.88. The van der Waals surface area contributed by atoms with E-state index in [0.717, 1.165) is 29.5 Å². The summed E-state index contributed by atoms with van der Waals surface area (Å²) >= 11 is 3.56. The van der Waals surface area contributed by atoms with Crippen molar-refractivity contribution in [3.8, 4) is 5.75 Å². The average molecular weight is 301 g/mol. The number of rotatable bonds is 6. The molecular weight excluding hydrogens is 280 g/mol. The Kier molecular flexibility index (Phi) is 5.47. The lowest BCUT2D eigenvalue weighted by molar-refractivity contribution is 0.131. The Morgan fingerprint density at radius 2 is 2.12 bits per heavy atom. The first-order valence-electron chi connectivity index (χ1n) is 5.98. The molecule has 1 N–H and O–H groups in total. The van der Waals surface area contributed by atoms with E-state index < -0.39 is 0 Å². The maximum atomic E-state index is 9.55. The Morgan fingerprint density at radius 1 is 1.41 bits per heavy atom. The van der Waals surface area contributed by atoms with Gasteiger partial charge in [-0.1, -0.05) is 36.2 Å². The van der Waals surface area contributed by atoms with Crippen molar-refractivity contribution in [2.24, 2.45) is 5.41 Å². The van der Waals surface area contributed by atoms with Crippen LogP contribution in [-0.4, -0.2) is 18.8 Å². The van der Waals surface area contributed by atoms with Gasteiger partial charge in [0.05, 0.1) is 7.11 Å². The summed E-state index contributed by atoms with van der Waals surface area (Å²) in [6.45, 7) is 4.49. The fraction of sp³-hybridized carbons (Fsp3) is 0.571. The highest BCUT2D eigenvalue weighted by Crippen LogP contribution is 2.32. The second-order valence-electron chi connectivity index (χ2n) is 4.85. The first kappa shape index (κ1) is 14.5. The largest absolute Gasteiger partial charge is 0.497 e. The number of halogens is 1. The molecule has 2 nitrogen and oxygen atoms in total. The third kappa shape index (κ3) is 4.00. The Balaban J connectivity index is 2.92. The van der Waals surface area contributed by atoms with Gasteiger partial charge in [0.15, 0.2) is 0 Å². The summed E-state index contributed by atoms with van der Waals surface area (Å²) in [6.07, 6.45) is 2.96. The number of hydrogen-bond acceptors (Lipinski definition) is 2. The van der Waals surface area contributed by atoms with E-state index in [-0.39, 0.29) is 12.0 Å². The van der Waals surface area contributed by atoms with Crippen LogP contribution in [0, 0.1) is 5.41 Å². The second-order valence-corrected chi connectivity index (χ2v) is 5.71. The molecule has 0 bridgehead atoms. The summed E-state index contributed by atoms with van der Waals surface area (Å²) < 4.78 is 6.31. The SMILES string of the molecule is CCCC(C)(CO)Cc1cc(OC)ccc1Br. The van der Waals surface area contributed by atoms with Crippen molar-refractivity contribution >= 4 is 15.9 Å². The van der Waals surface area contributed by atoms with Gasteiger partial charge in [0.2, 0.25) is 0 Å². The molecule has 3 heteroatoms. The van der Waals surface area contributed by atoms with Crippen LogP contribution in [0.4, 0.5) is 0 Å². The van der Waals surface area contributed by atoms with E-state index in [4.69, 9.17) is 4.74 Å². The molecule has 0 aliphatic heterocycles. The Morgan fingerprint density at radius 3 is 2.65 bits per heavy atom. The van der Waals surface area contributed by atoms with Crippen molar-refractivity contribution in [1.82, 2.24) is 0 Å². The summed E-state index contributed by atoms with van der Waals surface area (Å²) in [5, 5.41) is 9.55. The lowest BCUT2D eigenvalue weighted by atomic mass is 9.80. The summed E-state index contributed by atoms with van der Waals surface area (Å²) in [5.41, 5.74) is 1.14. The van der Waals surface area contributed by atoms with Crippen LogP contribution >= 0.6 is 15.9 Å². The van der Waals surface area contributed by atoms with Gasteiger partial charge in [0, 0.05) is 11.1 Å². The molecule has 1 unspecified atom stereocenters. The zero-order valence-corrected chi connectivity index (χ0v) is 12.4. The molecule has 0 fully saturated rings. The van der Waals surface area contributed by atoms with Crippen LogP contribution in [0.25, 0.3) is 0 Å². The minimum Gasteiger partial charge on any atom is -0.497 e. The van der Waals surface area contributed by atoms with Crippen molar-refractivity contribution in [3.05, 3.63) is 28.2 Å². The molecule has 17 heavy (non-hydrogen) atoms. The van der Waals surface area contributed by atoms with Gasteiger partial charge >= 0.3 is 0 Å². The highest BCUT2D eigenvalue weighted by Gasteiger charge is 2.24. The van der Waals surface area contributed by atoms with Crippen LogP contribution in [0.15, 0.2) is 22.7 Å². The van der Waals surface area contributed by atoms with E-state index in [1.807, 2.05) is 18.2 Å². The van der Waals surface area contributed by atoms with Gasteiger partial charge in [0.25, 0.3) is 0 Å². The molecule has 0 amide bonds. The van der Waals surface area contributed by atoms with Crippen LogP contribution in [0.1, 0.15) is 32.3 Å². The van der Waals surface area contributed by atoms with Gasteiger partial charge in [-0.05, 0) is 42.0 Å². The molecular formula is C14H21BrO2. The van der Waals surface area contributed by atoms with Gasteiger partial charge in [-0.2, -0.15) is 0 Å². The molecule has 1 atom stereocenters. The van der Waals surface area contributed by atoms with E-state index >= 15 is 0 Å². The highest BCUT2D eigenvalue weighted by molar-refractivity contribution is 9.10. The highest BCUT2D eigenvalue weighted by atomic mass is 79.9. The van der Waals surface area contributed by atoms with Crippen molar-refractivity contribution in [1.29, 1.82) is 0 Å². The lowest BCUT2D eigenvalue weighted by Crippen LogP contribution is -2.24. The molecule has 0 heterocycles. The van der Waals surface area contributed by atoms with Crippen molar-refractivity contribution in [2.45, 2.75) is 33.1 Å². The van der Waals surface area contributed by atoms with E-state index in [1.54, 1.807) is 7.11 Å². The molecule has 0 aromatic heterocycles. The minimum absolute atomic E-state index is 0.0519. The summed E-state index contributed by atoms with van der Waals surface area (Å²) in [7, 11) is 1.67. The fourth-order valence-electron chi connectivity index (χ4n) is 2.10. The summed E-state index contributed by atoms with van der Waals surface area (Å²) in [6, 6.07) is 5.97. The molecule has 1 rings (SSSR count). The van der Waals surface area contributed by atoms with Crippen LogP contribution in [0.2, 0.25) is 0 Å². The number of benzene rings is 1. The van der Waals surface area contributed by atoms with E-state index in [2.05, 4.69) is 29.8 Å². The zero-order valence-electron chi connectivity index (χ0n) is 10.8. The van der Waals surface area contributed by atoms with Crippen LogP contribution < -0.4 is 4.74 Å². The lowest BCUT2D eigenvalue weighted by Gasteiger charge is -2.27.